The zero-order valence-electron chi connectivity index (χ0n) is 20.9. The van der Waals surface area contributed by atoms with Crippen molar-refractivity contribution in [1.29, 1.82) is 0 Å². The smallest absolute Gasteiger partial charge is 0.336 e. The molecule has 1 aliphatic rings. The van der Waals surface area contributed by atoms with Crippen molar-refractivity contribution in [2.24, 2.45) is 0 Å². The number of hydrogen-bond donors (Lipinski definition) is 0. The number of methoxy groups -OCH3 is 2. The van der Waals surface area contributed by atoms with E-state index < -0.39 is 22.8 Å². The second-order valence-corrected chi connectivity index (χ2v) is 8.28. The first kappa shape index (κ1) is 27.5. The van der Waals surface area contributed by atoms with E-state index in [0.717, 1.165) is 5.56 Å². The molecule has 0 spiro atoms. The van der Waals surface area contributed by atoms with Crippen molar-refractivity contribution in [3.05, 3.63) is 86.2 Å². The maximum absolute atomic E-state index is 13.1. The topological polar surface area (TPSA) is 117 Å². The highest BCUT2D eigenvalue weighted by Crippen LogP contribution is 2.40. The first-order chi connectivity index (χ1) is 17.7. The molecule has 0 radical (unpaired) electrons. The van der Waals surface area contributed by atoms with Crippen LogP contribution < -0.4 is 9.47 Å². The average molecular weight is 531 g/mol. The molecule has 0 atom stereocenters. The average Bonchev–Trinajstić information content (AvgIpc) is 2.88. The highest BCUT2D eigenvalue weighted by atomic mass is 35.5. The summed E-state index contributed by atoms with van der Waals surface area (Å²) in [6.07, 6.45) is 3.12. The number of carbonyl (C=O) groups is 2. The number of esters is 2. The van der Waals surface area contributed by atoms with Crippen LogP contribution in [0.1, 0.15) is 30.9 Å². The molecule has 0 saturated carbocycles. The van der Waals surface area contributed by atoms with Gasteiger partial charge in [-0.25, -0.2) is 9.59 Å². The van der Waals surface area contributed by atoms with Crippen LogP contribution in [0, 0.1) is 10.1 Å². The Labute approximate surface area is 219 Å². The van der Waals surface area contributed by atoms with Crippen molar-refractivity contribution >= 4 is 29.2 Å². The highest BCUT2D eigenvalue weighted by molar-refractivity contribution is 6.32. The molecule has 2 aromatic carbocycles. The Kier molecular flexibility index (Phi) is 9.13. The molecule has 10 nitrogen and oxygen atoms in total. The van der Waals surface area contributed by atoms with E-state index >= 15 is 0 Å². The molecule has 0 fully saturated rings. The van der Waals surface area contributed by atoms with Gasteiger partial charge in [-0.05, 0) is 43.2 Å². The van der Waals surface area contributed by atoms with Crippen LogP contribution in [0.2, 0.25) is 5.02 Å². The van der Waals surface area contributed by atoms with Gasteiger partial charge in [0.05, 0.1) is 49.4 Å². The number of ether oxygens (including phenoxy) is 4. The minimum Gasteiger partial charge on any atom is -0.493 e. The van der Waals surface area contributed by atoms with Crippen molar-refractivity contribution in [2.75, 3.05) is 27.4 Å². The monoisotopic (exact) mass is 530 g/mol. The Morgan fingerprint density at radius 2 is 1.54 bits per heavy atom. The third-order valence-electron chi connectivity index (χ3n) is 5.57. The summed E-state index contributed by atoms with van der Waals surface area (Å²) >= 11 is 6.01. The minimum absolute atomic E-state index is 0.0667. The number of rotatable bonds is 10. The van der Waals surface area contributed by atoms with Crippen molar-refractivity contribution in [2.45, 2.75) is 26.3 Å². The third-order valence-corrected chi connectivity index (χ3v) is 5.89. The predicted molar refractivity (Wildman–Crippen MR) is 135 cm³/mol. The van der Waals surface area contributed by atoms with E-state index in [4.69, 9.17) is 30.5 Å². The molecule has 1 heterocycles. The molecule has 3 rings (SSSR count). The number of nitro benzene ring substituents is 1. The summed E-state index contributed by atoms with van der Waals surface area (Å²) in [6.45, 7) is 3.77. The lowest BCUT2D eigenvalue weighted by atomic mass is 9.83. The van der Waals surface area contributed by atoms with Crippen LogP contribution in [-0.2, 0) is 25.6 Å². The zero-order chi connectivity index (χ0) is 27.1. The maximum Gasteiger partial charge on any atom is 0.336 e. The first-order valence-corrected chi connectivity index (χ1v) is 11.8. The Morgan fingerprint density at radius 3 is 2.05 bits per heavy atom. The van der Waals surface area contributed by atoms with Gasteiger partial charge in [0, 0.05) is 25.0 Å². The van der Waals surface area contributed by atoms with Gasteiger partial charge in [-0.2, -0.15) is 0 Å². The van der Waals surface area contributed by atoms with Crippen LogP contribution in [-0.4, -0.2) is 49.2 Å². The lowest BCUT2D eigenvalue weighted by molar-refractivity contribution is -0.384. The molecule has 0 amide bonds. The lowest BCUT2D eigenvalue weighted by Crippen LogP contribution is -2.29. The summed E-state index contributed by atoms with van der Waals surface area (Å²) in [5, 5.41) is 11.5. The number of nitro groups is 1. The normalized spacial score (nSPS) is 13.4. The summed E-state index contributed by atoms with van der Waals surface area (Å²) in [6, 6.07) is 9.49. The summed E-state index contributed by atoms with van der Waals surface area (Å²) in [4.78, 5) is 38.7. The molecular weight excluding hydrogens is 504 g/mol. The summed E-state index contributed by atoms with van der Waals surface area (Å²) < 4.78 is 21.2. The standard InChI is InChI=1S/C26H27ClN2O8/c1-5-36-25(30)18-14-28(13-16-7-10-22(34-3)23(11-16)35-4)15-19(26(31)37-6-2)24(18)17-8-9-20(27)21(12-17)29(32)33/h7-12,14-15,24H,5-6,13H2,1-4H3. The van der Waals surface area contributed by atoms with E-state index in [1.165, 1.54) is 32.4 Å². The van der Waals surface area contributed by atoms with Gasteiger partial charge >= 0.3 is 11.9 Å². The number of hydrogen-bond acceptors (Lipinski definition) is 9. The first-order valence-electron chi connectivity index (χ1n) is 11.4. The van der Waals surface area contributed by atoms with E-state index in [1.807, 2.05) is 6.07 Å². The Balaban J connectivity index is 2.14. The van der Waals surface area contributed by atoms with Gasteiger partial charge in [0.1, 0.15) is 5.02 Å². The van der Waals surface area contributed by atoms with E-state index in [1.54, 1.807) is 43.3 Å². The summed E-state index contributed by atoms with van der Waals surface area (Å²) in [5.41, 5.74) is 1.00. The molecule has 1 aliphatic heterocycles. The number of nitrogens with zero attached hydrogens (tertiary/aromatic N) is 2. The Bertz CT molecular complexity index is 1220. The van der Waals surface area contributed by atoms with E-state index in [9.17, 15) is 19.7 Å². The maximum atomic E-state index is 13.1. The van der Waals surface area contributed by atoms with Gasteiger partial charge in [0.2, 0.25) is 0 Å². The fraction of sp³-hybridized carbons (Fsp3) is 0.308. The van der Waals surface area contributed by atoms with Gasteiger partial charge in [-0.3, -0.25) is 10.1 Å². The molecule has 0 unspecified atom stereocenters. The molecule has 2 aromatic rings. The van der Waals surface area contributed by atoms with Crippen LogP contribution in [0.3, 0.4) is 0 Å². The summed E-state index contributed by atoms with van der Waals surface area (Å²) in [5.74, 6) is -1.24. The van der Waals surface area contributed by atoms with Gasteiger partial charge in [-0.15, -0.1) is 0 Å². The lowest BCUT2D eigenvalue weighted by Gasteiger charge is -2.30. The molecule has 0 aromatic heterocycles. The van der Waals surface area contributed by atoms with Crippen molar-refractivity contribution in [3.63, 3.8) is 0 Å². The molecular formula is C26H27ClN2O8. The third kappa shape index (κ3) is 6.21. The number of halogens is 1. The highest BCUT2D eigenvalue weighted by Gasteiger charge is 2.36. The van der Waals surface area contributed by atoms with Gasteiger partial charge < -0.3 is 23.8 Å². The fourth-order valence-corrected chi connectivity index (χ4v) is 4.16. The molecule has 196 valence electrons. The molecule has 37 heavy (non-hydrogen) atoms. The van der Waals surface area contributed by atoms with E-state index in [0.29, 0.717) is 17.1 Å². The van der Waals surface area contributed by atoms with Crippen LogP contribution in [0.5, 0.6) is 11.5 Å². The van der Waals surface area contributed by atoms with Crippen molar-refractivity contribution in [1.82, 2.24) is 4.90 Å². The second-order valence-electron chi connectivity index (χ2n) is 7.87. The van der Waals surface area contributed by atoms with E-state index in [-0.39, 0.29) is 41.6 Å². The van der Waals surface area contributed by atoms with Crippen LogP contribution in [0.15, 0.2) is 59.9 Å². The predicted octanol–water partition coefficient (Wildman–Crippen LogP) is 4.76. The largest absolute Gasteiger partial charge is 0.493 e. The van der Waals surface area contributed by atoms with Crippen LogP contribution in [0.25, 0.3) is 0 Å². The van der Waals surface area contributed by atoms with Crippen LogP contribution >= 0.6 is 11.6 Å². The molecule has 0 bridgehead atoms. The quantitative estimate of drug-likeness (QED) is 0.243. The molecule has 0 saturated heterocycles. The van der Waals surface area contributed by atoms with Crippen molar-refractivity contribution in [3.8, 4) is 11.5 Å². The van der Waals surface area contributed by atoms with Gasteiger partial charge in [0.15, 0.2) is 11.5 Å². The van der Waals surface area contributed by atoms with Gasteiger partial charge in [-0.1, -0.05) is 23.7 Å². The summed E-state index contributed by atoms with van der Waals surface area (Å²) in [7, 11) is 3.06. The minimum atomic E-state index is -0.976. The number of carbonyl (C=O) groups excluding carboxylic acids is 2. The van der Waals surface area contributed by atoms with E-state index in [2.05, 4.69) is 0 Å². The SMILES string of the molecule is CCOC(=O)C1=CN(Cc2ccc(OC)c(OC)c2)C=C(C(=O)OCC)C1c1ccc(Cl)c([N+](=O)[O-])c1. The Morgan fingerprint density at radius 1 is 0.946 bits per heavy atom. The van der Waals surface area contributed by atoms with Gasteiger partial charge in [0.25, 0.3) is 5.69 Å². The van der Waals surface area contributed by atoms with Crippen molar-refractivity contribution < 1.29 is 33.5 Å². The number of benzene rings is 2. The second kappa shape index (κ2) is 12.3. The molecule has 11 heteroatoms. The van der Waals surface area contributed by atoms with Crippen LogP contribution in [0.4, 0.5) is 5.69 Å². The Hall–Kier alpha value is -4.05. The molecule has 0 aliphatic carbocycles. The molecule has 0 N–H and O–H groups in total. The fourth-order valence-electron chi connectivity index (χ4n) is 3.97. The zero-order valence-corrected chi connectivity index (χ0v) is 21.6.